The molecule has 0 radical (unpaired) electrons. The third-order valence-corrected chi connectivity index (χ3v) is 4.94. The highest BCUT2D eigenvalue weighted by Crippen LogP contribution is 2.31. The second-order valence-corrected chi connectivity index (χ2v) is 6.58. The van der Waals surface area contributed by atoms with E-state index in [1.54, 1.807) is 23.9 Å². The lowest BCUT2D eigenvalue weighted by molar-refractivity contribution is 0.417. The first-order valence-corrected chi connectivity index (χ1v) is 8.93. The van der Waals surface area contributed by atoms with Gasteiger partial charge >= 0.3 is 0 Å². The molecule has 1 aromatic carbocycles. The van der Waals surface area contributed by atoms with Crippen molar-refractivity contribution in [3.8, 4) is 11.8 Å². The number of nitrogens with zero attached hydrogens (tertiary/aromatic N) is 4. The summed E-state index contributed by atoms with van der Waals surface area (Å²) >= 11 is 0. The Balaban J connectivity index is 1.85. The number of para-hydroxylation sites is 2. The van der Waals surface area contributed by atoms with E-state index in [0.717, 1.165) is 31.4 Å². The van der Waals surface area contributed by atoms with Gasteiger partial charge in [-0.25, -0.2) is 4.98 Å². The molecule has 136 valence electrons. The average Bonchev–Trinajstić information content (AvgIpc) is 3.22. The summed E-state index contributed by atoms with van der Waals surface area (Å²) in [4.78, 5) is 21.8. The summed E-state index contributed by atoms with van der Waals surface area (Å²) in [6, 6.07) is 11.1. The molecule has 7 heteroatoms. The molecule has 2 aromatic heterocycles. The summed E-state index contributed by atoms with van der Waals surface area (Å²) in [6.07, 6.45) is 5.64. The first kappa shape index (κ1) is 17.0. The Kier molecular flexibility index (Phi) is 4.47. The Morgan fingerprint density at radius 3 is 2.81 bits per heavy atom. The van der Waals surface area contributed by atoms with Crippen LogP contribution in [0.4, 0.5) is 11.6 Å². The molecule has 0 unspecified atom stereocenters. The summed E-state index contributed by atoms with van der Waals surface area (Å²) in [6.45, 7) is 0. The van der Waals surface area contributed by atoms with E-state index in [2.05, 4.69) is 15.3 Å². The van der Waals surface area contributed by atoms with Crippen LogP contribution in [0.5, 0.6) is 5.75 Å². The molecule has 0 aliphatic heterocycles. The first-order chi connectivity index (χ1) is 13.2. The van der Waals surface area contributed by atoms with Gasteiger partial charge in [-0.05, 0) is 31.0 Å². The molecule has 2 heterocycles. The summed E-state index contributed by atoms with van der Waals surface area (Å²) in [5, 5.41) is 13.2. The van der Waals surface area contributed by atoms with E-state index >= 15 is 0 Å². The number of anilines is 2. The Morgan fingerprint density at radius 1 is 1.30 bits per heavy atom. The first-order valence-electron chi connectivity index (χ1n) is 8.93. The van der Waals surface area contributed by atoms with Crippen LogP contribution in [0, 0.1) is 11.3 Å². The zero-order valence-corrected chi connectivity index (χ0v) is 15.0. The van der Waals surface area contributed by atoms with Gasteiger partial charge in [0.25, 0.3) is 5.56 Å². The fourth-order valence-corrected chi connectivity index (χ4v) is 3.63. The number of ether oxygens (including phenoxy) is 1. The third-order valence-electron chi connectivity index (χ3n) is 4.94. The molecular weight excluding hydrogens is 342 g/mol. The maximum absolute atomic E-state index is 12.8. The van der Waals surface area contributed by atoms with Gasteiger partial charge in [-0.3, -0.25) is 9.36 Å². The standard InChI is InChI=1S/C20H19N5O2/c1-27-17-9-5-4-8-16(17)23-20-22-12-14-10-13(11-21)19(26)25(18(14)24-20)15-6-2-3-7-15/h4-5,8-10,12,15H,2-3,6-7H2,1H3,(H,22,23,24). The smallest absolute Gasteiger partial charge is 0.270 e. The van der Waals surface area contributed by atoms with Crippen molar-refractivity contribution < 1.29 is 4.74 Å². The molecule has 4 rings (SSSR count). The van der Waals surface area contributed by atoms with Crippen LogP contribution in [0.3, 0.4) is 0 Å². The maximum Gasteiger partial charge on any atom is 0.270 e. The van der Waals surface area contributed by atoms with Crippen molar-refractivity contribution in [2.75, 3.05) is 12.4 Å². The van der Waals surface area contributed by atoms with E-state index in [9.17, 15) is 10.1 Å². The quantitative estimate of drug-likeness (QED) is 0.764. The molecule has 0 atom stereocenters. The molecule has 1 N–H and O–H groups in total. The zero-order chi connectivity index (χ0) is 18.8. The van der Waals surface area contributed by atoms with Gasteiger partial charge in [-0.15, -0.1) is 0 Å². The van der Waals surface area contributed by atoms with Crippen LogP contribution in [0.2, 0.25) is 0 Å². The summed E-state index contributed by atoms with van der Waals surface area (Å²) in [7, 11) is 1.60. The maximum atomic E-state index is 12.8. The number of nitriles is 1. The van der Waals surface area contributed by atoms with Gasteiger partial charge in [0, 0.05) is 17.6 Å². The predicted octanol–water partition coefficient (Wildman–Crippen LogP) is 3.53. The molecular formula is C20H19N5O2. The normalized spacial score (nSPS) is 14.2. The number of methoxy groups -OCH3 is 1. The Hall–Kier alpha value is -3.40. The number of rotatable bonds is 4. The Bertz CT molecular complexity index is 1090. The van der Waals surface area contributed by atoms with Gasteiger partial charge in [-0.1, -0.05) is 25.0 Å². The minimum absolute atomic E-state index is 0.0716. The highest BCUT2D eigenvalue weighted by Gasteiger charge is 2.22. The van der Waals surface area contributed by atoms with Gasteiger partial charge in [0.2, 0.25) is 5.95 Å². The lowest BCUT2D eigenvalue weighted by Gasteiger charge is -2.17. The summed E-state index contributed by atoms with van der Waals surface area (Å²) in [5.41, 5.74) is 1.14. The Labute approximate surface area is 156 Å². The molecule has 1 aliphatic carbocycles. The number of pyridine rings is 1. The number of benzene rings is 1. The van der Waals surface area contributed by atoms with Gasteiger partial charge in [-0.2, -0.15) is 10.2 Å². The van der Waals surface area contributed by atoms with Crippen molar-refractivity contribution in [3.63, 3.8) is 0 Å². The van der Waals surface area contributed by atoms with E-state index in [4.69, 9.17) is 4.74 Å². The molecule has 0 saturated heterocycles. The zero-order valence-electron chi connectivity index (χ0n) is 15.0. The number of aromatic nitrogens is 3. The molecule has 0 amide bonds. The van der Waals surface area contributed by atoms with E-state index in [1.165, 1.54) is 0 Å². The van der Waals surface area contributed by atoms with E-state index < -0.39 is 0 Å². The topological polar surface area (TPSA) is 92.8 Å². The molecule has 1 aliphatic rings. The van der Waals surface area contributed by atoms with Gasteiger partial charge in [0.15, 0.2) is 0 Å². The number of hydrogen-bond donors (Lipinski definition) is 1. The Morgan fingerprint density at radius 2 is 2.07 bits per heavy atom. The van der Waals surface area contributed by atoms with Crippen LogP contribution in [0.1, 0.15) is 37.3 Å². The monoisotopic (exact) mass is 361 g/mol. The molecule has 3 aromatic rings. The van der Waals surface area contributed by atoms with Crippen molar-refractivity contribution in [1.29, 1.82) is 5.26 Å². The van der Waals surface area contributed by atoms with Crippen molar-refractivity contribution in [2.24, 2.45) is 0 Å². The second kappa shape index (κ2) is 7.08. The number of fused-ring (bicyclic) bond motifs is 1. The largest absolute Gasteiger partial charge is 0.495 e. The average molecular weight is 361 g/mol. The van der Waals surface area contributed by atoms with Crippen LogP contribution in [-0.4, -0.2) is 21.6 Å². The van der Waals surface area contributed by atoms with Crippen LogP contribution in [-0.2, 0) is 0 Å². The van der Waals surface area contributed by atoms with Crippen molar-refractivity contribution in [2.45, 2.75) is 31.7 Å². The molecule has 27 heavy (non-hydrogen) atoms. The molecule has 7 nitrogen and oxygen atoms in total. The fourth-order valence-electron chi connectivity index (χ4n) is 3.63. The van der Waals surface area contributed by atoms with Gasteiger partial charge in [0.1, 0.15) is 23.0 Å². The van der Waals surface area contributed by atoms with Crippen LogP contribution >= 0.6 is 0 Å². The predicted molar refractivity (Wildman–Crippen MR) is 102 cm³/mol. The van der Waals surface area contributed by atoms with Crippen molar-refractivity contribution in [1.82, 2.24) is 14.5 Å². The number of hydrogen-bond acceptors (Lipinski definition) is 6. The van der Waals surface area contributed by atoms with E-state index in [-0.39, 0.29) is 17.2 Å². The molecule has 0 spiro atoms. The highest BCUT2D eigenvalue weighted by atomic mass is 16.5. The second-order valence-electron chi connectivity index (χ2n) is 6.58. The third kappa shape index (κ3) is 3.10. The summed E-state index contributed by atoms with van der Waals surface area (Å²) in [5.74, 6) is 1.05. The van der Waals surface area contributed by atoms with Crippen LogP contribution in [0.15, 0.2) is 41.3 Å². The SMILES string of the molecule is COc1ccccc1Nc1ncc2cc(C#N)c(=O)n(C3CCCC3)c2n1. The molecule has 1 fully saturated rings. The van der Waals surface area contributed by atoms with Crippen LogP contribution in [0.25, 0.3) is 11.0 Å². The highest BCUT2D eigenvalue weighted by molar-refractivity contribution is 5.77. The molecule has 1 saturated carbocycles. The lowest BCUT2D eigenvalue weighted by Crippen LogP contribution is -2.26. The van der Waals surface area contributed by atoms with Crippen molar-refractivity contribution in [3.05, 3.63) is 52.4 Å². The number of nitrogens with one attached hydrogen (secondary N) is 1. The van der Waals surface area contributed by atoms with Gasteiger partial charge < -0.3 is 10.1 Å². The minimum atomic E-state index is -0.279. The minimum Gasteiger partial charge on any atom is -0.495 e. The summed E-state index contributed by atoms with van der Waals surface area (Å²) < 4.78 is 7.03. The van der Waals surface area contributed by atoms with Crippen molar-refractivity contribution >= 4 is 22.7 Å². The van der Waals surface area contributed by atoms with Gasteiger partial charge in [0.05, 0.1) is 12.8 Å². The van der Waals surface area contributed by atoms with E-state index in [1.807, 2.05) is 30.3 Å². The lowest BCUT2D eigenvalue weighted by atomic mass is 10.2. The van der Waals surface area contributed by atoms with Crippen LogP contribution < -0.4 is 15.6 Å². The fraction of sp³-hybridized carbons (Fsp3) is 0.300. The molecule has 0 bridgehead atoms. The van der Waals surface area contributed by atoms with E-state index in [0.29, 0.717) is 22.7 Å².